The molecular weight excluding hydrogens is 463 g/mol. The number of ether oxygens (including phenoxy) is 2. The molecule has 2 aliphatic rings. The summed E-state index contributed by atoms with van der Waals surface area (Å²) in [6.07, 6.45) is 7.07. The number of hydrogen-bond acceptors (Lipinski definition) is 4. The lowest BCUT2D eigenvalue weighted by molar-refractivity contribution is -0.124. The van der Waals surface area contributed by atoms with E-state index in [1.807, 2.05) is 6.92 Å². The number of thiocarbonyl (C=S) groups is 1. The van der Waals surface area contributed by atoms with Crippen LogP contribution in [0.15, 0.2) is 42.1 Å². The van der Waals surface area contributed by atoms with Gasteiger partial charge in [0.25, 0.3) is 5.91 Å². The second-order valence-corrected chi connectivity index (χ2v) is 8.89. The average Bonchev–Trinajstić information content (AvgIpc) is 3.07. The Kier molecular flexibility index (Phi) is 7.50. The first-order valence-corrected chi connectivity index (χ1v) is 11.9. The average molecular weight is 489 g/mol. The largest absolute Gasteiger partial charge is 0.490 e. The molecule has 1 aliphatic heterocycles. The molecule has 33 heavy (non-hydrogen) atoms. The van der Waals surface area contributed by atoms with Crippen molar-refractivity contribution in [3.63, 3.8) is 0 Å². The monoisotopic (exact) mass is 488 g/mol. The topological polar surface area (TPSA) is 50.8 Å². The van der Waals surface area contributed by atoms with Gasteiger partial charge in [0.1, 0.15) is 18.1 Å². The Labute approximate surface area is 203 Å². The molecule has 5 nitrogen and oxygen atoms in total. The van der Waals surface area contributed by atoms with Crippen LogP contribution in [0.1, 0.15) is 50.2 Å². The third-order valence-corrected chi connectivity index (χ3v) is 6.40. The van der Waals surface area contributed by atoms with E-state index in [4.69, 9.17) is 33.3 Å². The number of carbonyl (C=O) groups excluding carboxylic acids is 1. The molecule has 2 aromatic carbocycles. The molecule has 1 aliphatic carbocycles. The molecular formula is C25H26ClFN2O3S. The third kappa shape index (κ3) is 5.31. The highest BCUT2D eigenvalue weighted by Crippen LogP contribution is 2.38. The van der Waals surface area contributed by atoms with Crippen LogP contribution in [0.25, 0.3) is 6.08 Å². The molecule has 1 N–H and O–H groups in total. The Morgan fingerprint density at radius 3 is 2.70 bits per heavy atom. The highest BCUT2D eigenvalue weighted by molar-refractivity contribution is 7.80. The number of amides is 1. The summed E-state index contributed by atoms with van der Waals surface area (Å²) in [6, 6.07) is 9.99. The van der Waals surface area contributed by atoms with E-state index in [9.17, 15) is 9.18 Å². The second kappa shape index (κ2) is 10.5. The van der Waals surface area contributed by atoms with Gasteiger partial charge in [0.15, 0.2) is 16.6 Å². The number of benzene rings is 2. The van der Waals surface area contributed by atoms with Crippen LogP contribution in [0.2, 0.25) is 5.02 Å². The number of hydrogen-bond donors (Lipinski definition) is 1. The van der Waals surface area contributed by atoms with Gasteiger partial charge in [-0.15, -0.1) is 0 Å². The van der Waals surface area contributed by atoms with Gasteiger partial charge >= 0.3 is 0 Å². The van der Waals surface area contributed by atoms with Gasteiger partial charge in [-0.05, 0) is 61.8 Å². The fraction of sp³-hybridized carbons (Fsp3) is 0.360. The SMILES string of the molecule is CCOc1cc(/C=C2\NC(=S)N(C3CCCCC3)C2=O)cc(Cl)c1OCc1ccccc1F. The number of rotatable bonds is 7. The minimum Gasteiger partial charge on any atom is -0.490 e. The van der Waals surface area contributed by atoms with Crippen LogP contribution in [0.5, 0.6) is 11.5 Å². The van der Waals surface area contributed by atoms with Crippen molar-refractivity contribution < 1.29 is 18.7 Å². The fourth-order valence-corrected chi connectivity index (χ4v) is 4.84. The highest BCUT2D eigenvalue weighted by atomic mass is 35.5. The van der Waals surface area contributed by atoms with Gasteiger partial charge in [-0.3, -0.25) is 9.69 Å². The Morgan fingerprint density at radius 2 is 1.97 bits per heavy atom. The lowest BCUT2D eigenvalue weighted by Gasteiger charge is -2.29. The third-order valence-electron chi connectivity index (χ3n) is 5.82. The molecule has 0 aromatic heterocycles. The van der Waals surface area contributed by atoms with E-state index in [0.29, 0.717) is 45.1 Å². The summed E-state index contributed by atoms with van der Waals surface area (Å²) in [6.45, 7) is 2.25. The molecule has 2 aromatic rings. The van der Waals surface area contributed by atoms with Crippen molar-refractivity contribution in [1.29, 1.82) is 0 Å². The molecule has 174 valence electrons. The van der Waals surface area contributed by atoms with Crippen LogP contribution in [-0.2, 0) is 11.4 Å². The van der Waals surface area contributed by atoms with E-state index in [-0.39, 0.29) is 24.4 Å². The van der Waals surface area contributed by atoms with Crippen LogP contribution in [0, 0.1) is 5.82 Å². The van der Waals surface area contributed by atoms with Gasteiger partial charge in [0.2, 0.25) is 0 Å². The lowest BCUT2D eigenvalue weighted by atomic mass is 9.94. The van der Waals surface area contributed by atoms with Gasteiger partial charge in [-0.1, -0.05) is 49.1 Å². The minimum absolute atomic E-state index is 0.0115. The van der Waals surface area contributed by atoms with E-state index in [1.54, 1.807) is 41.3 Å². The Balaban J connectivity index is 1.57. The molecule has 8 heteroatoms. The molecule has 1 saturated heterocycles. The molecule has 4 rings (SSSR count). The van der Waals surface area contributed by atoms with Crippen LogP contribution < -0.4 is 14.8 Å². The molecule has 0 bridgehead atoms. The Hall–Kier alpha value is -2.64. The molecule has 0 radical (unpaired) electrons. The summed E-state index contributed by atoms with van der Waals surface area (Å²) < 4.78 is 25.5. The first-order chi connectivity index (χ1) is 16.0. The van der Waals surface area contributed by atoms with E-state index >= 15 is 0 Å². The Morgan fingerprint density at radius 1 is 1.21 bits per heavy atom. The molecule has 1 heterocycles. The quantitative estimate of drug-likeness (QED) is 0.391. The molecule has 0 atom stereocenters. The lowest BCUT2D eigenvalue weighted by Crippen LogP contribution is -2.41. The van der Waals surface area contributed by atoms with Crippen molar-refractivity contribution in [2.24, 2.45) is 0 Å². The normalized spacial score (nSPS) is 18.0. The first-order valence-electron chi connectivity index (χ1n) is 11.2. The van der Waals surface area contributed by atoms with Gasteiger partial charge in [0, 0.05) is 11.6 Å². The van der Waals surface area contributed by atoms with Crippen molar-refractivity contribution in [2.75, 3.05) is 6.61 Å². The van der Waals surface area contributed by atoms with E-state index < -0.39 is 0 Å². The maximum atomic E-state index is 14.0. The van der Waals surface area contributed by atoms with Crippen molar-refractivity contribution >= 4 is 40.9 Å². The van der Waals surface area contributed by atoms with Gasteiger partial charge in [-0.25, -0.2) is 4.39 Å². The number of halogens is 2. The number of nitrogens with zero attached hydrogens (tertiary/aromatic N) is 1. The molecule has 2 fully saturated rings. The van der Waals surface area contributed by atoms with Gasteiger partial charge < -0.3 is 14.8 Å². The molecule has 1 amide bonds. The Bertz CT molecular complexity index is 1090. The highest BCUT2D eigenvalue weighted by Gasteiger charge is 2.36. The predicted octanol–water partition coefficient (Wildman–Crippen LogP) is 5.85. The zero-order valence-electron chi connectivity index (χ0n) is 18.4. The van der Waals surface area contributed by atoms with Crippen LogP contribution in [0.3, 0.4) is 0 Å². The molecule has 1 saturated carbocycles. The summed E-state index contributed by atoms with van der Waals surface area (Å²) in [5.41, 5.74) is 1.49. The van der Waals surface area contributed by atoms with Crippen LogP contribution in [0.4, 0.5) is 4.39 Å². The smallest absolute Gasteiger partial charge is 0.276 e. The van der Waals surface area contributed by atoms with Crippen LogP contribution >= 0.6 is 23.8 Å². The van der Waals surface area contributed by atoms with Crippen molar-refractivity contribution in [3.8, 4) is 11.5 Å². The van der Waals surface area contributed by atoms with Gasteiger partial charge in [-0.2, -0.15) is 0 Å². The number of carbonyl (C=O) groups is 1. The zero-order valence-corrected chi connectivity index (χ0v) is 20.0. The standard InChI is InChI=1S/C25H26ClFN2O3S/c1-2-31-22-14-16(12-19(26)23(22)32-15-17-8-6-7-11-20(17)27)13-21-24(30)29(25(33)28-21)18-9-4-3-5-10-18/h6-8,11-14,18H,2-5,9-10,15H2,1H3,(H,28,33)/b21-13-. The van der Waals surface area contributed by atoms with E-state index in [1.165, 1.54) is 12.5 Å². The van der Waals surface area contributed by atoms with Crippen molar-refractivity contribution in [3.05, 3.63) is 64.1 Å². The summed E-state index contributed by atoms with van der Waals surface area (Å²) in [5.74, 6) is 0.275. The first kappa shape index (κ1) is 23.5. The summed E-state index contributed by atoms with van der Waals surface area (Å²) in [7, 11) is 0. The molecule has 0 spiro atoms. The maximum Gasteiger partial charge on any atom is 0.276 e. The fourth-order valence-electron chi connectivity index (χ4n) is 4.23. The maximum absolute atomic E-state index is 14.0. The second-order valence-electron chi connectivity index (χ2n) is 8.10. The van der Waals surface area contributed by atoms with E-state index in [2.05, 4.69) is 5.32 Å². The minimum atomic E-state index is -0.350. The summed E-state index contributed by atoms with van der Waals surface area (Å²) in [4.78, 5) is 14.8. The van der Waals surface area contributed by atoms with Crippen molar-refractivity contribution in [2.45, 2.75) is 51.7 Å². The molecule has 0 unspecified atom stereocenters. The predicted molar refractivity (Wildman–Crippen MR) is 131 cm³/mol. The van der Waals surface area contributed by atoms with Gasteiger partial charge in [0.05, 0.1) is 11.6 Å². The summed E-state index contributed by atoms with van der Waals surface area (Å²) >= 11 is 12.0. The summed E-state index contributed by atoms with van der Waals surface area (Å²) in [5, 5.41) is 3.80. The van der Waals surface area contributed by atoms with Crippen LogP contribution in [-0.4, -0.2) is 28.6 Å². The van der Waals surface area contributed by atoms with Crippen molar-refractivity contribution in [1.82, 2.24) is 10.2 Å². The van der Waals surface area contributed by atoms with E-state index in [0.717, 1.165) is 25.7 Å². The zero-order chi connectivity index (χ0) is 23.4. The number of nitrogens with one attached hydrogen (secondary N) is 1.